The van der Waals surface area contributed by atoms with Gasteiger partial charge >= 0.3 is 12.2 Å². The van der Waals surface area contributed by atoms with E-state index in [1.807, 2.05) is 0 Å². The van der Waals surface area contributed by atoms with E-state index in [9.17, 15) is 41.4 Å². The van der Waals surface area contributed by atoms with Gasteiger partial charge in [0.05, 0.1) is 51.8 Å². The highest BCUT2D eigenvalue weighted by Crippen LogP contribution is 2.58. The van der Waals surface area contributed by atoms with Crippen LogP contribution in [0, 0.1) is 11.8 Å². The Hall–Kier alpha value is -4.29. The maximum absolute atomic E-state index is 13.8. The van der Waals surface area contributed by atoms with Crippen LogP contribution >= 0.6 is 11.6 Å². The number of aliphatic hydroxyl groups excluding tert-OH is 1. The van der Waals surface area contributed by atoms with Crippen LogP contribution in [0.4, 0.5) is 32.4 Å². The molecule has 19 heteroatoms. The number of likely N-dealkylation sites (tertiary alicyclic amines) is 1. The molecule has 4 heterocycles. The summed E-state index contributed by atoms with van der Waals surface area (Å²) in [5, 5.41) is 26.6. The van der Waals surface area contributed by atoms with E-state index < -0.39 is 59.3 Å². The van der Waals surface area contributed by atoms with Crippen LogP contribution < -0.4 is 21.3 Å². The van der Waals surface area contributed by atoms with Gasteiger partial charge in [0.25, 0.3) is 17.7 Å². The molecule has 2 aromatic heterocycles. The van der Waals surface area contributed by atoms with Crippen molar-refractivity contribution in [2.24, 2.45) is 18.9 Å². The average Bonchev–Trinajstić information content (AvgIpc) is 3.46. The molecule has 6 N–H and O–H groups in total. The molecule has 13 nitrogen and oxygen atoms in total. The maximum Gasteiger partial charge on any atom is 0.435 e. The van der Waals surface area contributed by atoms with Crippen molar-refractivity contribution in [1.82, 2.24) is 40.6 Å². The maximum atomic E-state index is 13.8. The van der Waals surface area contributed by atoms with Crippen molar-refractivity contribution < 1.29 is 41.4 Å². The molecule has 4 amide bonds. The molecule has 0 radical (unpaired) electrons. The van der Waals surface area contributed by atoms with Gasteiger partial charge in [0.2, 0.25) is 0 Å². The van der Waals surface area contributed by atoms with Gasteiger partial charge in [-0.3, -0.25) is 14.7 Å². The van der Waals surface area contributed by atoms with Crippen LogP contribution in [0.5, 0.6) is 0 Å². The van der Waals surface area contributed by atoms with Gasteiger partial charge in [0.1, 0.15) is 0 Å². The second kappa shape index (κ2) is 11.4. The number of carbonyl (C=O) groups is 3. The summed E-state index contributed by atoms with van der Waals surface area (Å²) in [7, 11) is 1.27. The van der Waals surface area contributed by atoms with Crippen LogP contribution in [0.25, 0.3) is 11.3 Å². The highest BCUT2D eigenvalue weighted by atomic mass is 35.5. The number of halogens is 6. The van der Waals surface area contributed by atoms with E-state index in [1.54, 1.807) is 4.90 Å². The van der Waals surface area contributed by atoms with Crippen molar-refractivity contribution in [2.45, 2.75) is 42.6 Å². The van der Waals surface area contributed by atoms with Crippen LogP contribution in [0.3, 0.4) is 0 Å². The number of aliphatic hydroxyl groups is 1. The lowest BCUT2D eigenvalue weighted by atomic mass is 10.1. The quantitative estimate of drug-likeness (QED) is 0.206. The molecule has 0 spiro atoms. The third-order valence-electron chi connectivity index (χ3n) is 9.43. The Morgan fingerprint density at radius 2 is 1.81 bits per heavy atom. The van der Waals surface area contributed by atoms with E-state index in [-0.39, 0.29) is 57.7 Å². The zero-order valence-corrected chi connectivity index (χ0v) is 25.8. The molecule has 1 aromatic carbocycles. The Kier molecular flexibility index (Phi) is 7.67. The number of benzene rings is 1. The molecule has 7 rings (SSSR count). The molecule has 4 aliphatic rings. The van der Waals surface area contributed by atoms with Gasteiger partial charge in [-0.1, -0.05) is 11.6 Å². The second-order valence-corrected chi connectivity index (χ2v) is 13.0. The second-order valence-electron chi connectivity index (χ2n) is 12.6. The van der Waals surface area contributed by atoms with Crippen molar-refractivity contribution in [3.63, 3.8) is 0 Å². The number of piperidine rings is 1. The number of hydrogen-bond acceptors (Lipinski definition) is 7. The molecule has 2 saturated heterocycles. The van der Waals surface area contributed by atoms with E-state index in [0.29, 0.717) is 26.2 Å². The molecule has 2 unspecified atom stereocenters. The fourth-order valence-electron chi connectivity index (χ4n) is 6.61. The SMILES string of the molecule is Cn1c(-c2c(C(F)(F)F)n[nH]c2C2CC2(F)F)cnc1C(=O)Nc1ccc(C(=O)NC2[C@H]3CN(C(=O)N[C@H]4CNC[C@@H]4O)C[C@@H]23)c(Cl)c1. The highest BCUT2D eigenvalue weighted by Gasteiger charge is 2.60. The van der Waals surface area contributed by atoms with E-state index in [0.717, 1.165) is 10.8 Å². The van der Waals surface area contributed by atoms with Crippen LogP contribution in [0.15, 0.2) is 24.4 Å². The standard InChI is InChI=1S/C29H29ClF5N9O4/c1-43-18(20-22(15-5-28(15,31)32)41-42-23(20)29(33,34)35)7-37-24(43)26(47)38-11-2-3-12(16(30)4-11)25(46)40-21-13-9-44(10-14(13)21)27(48)39-17-6-36-8-19(17)45/h2-4,7,13-15,17,19,21,36,45H,5-6,8-10H2,1H3,(H,38,47)(H,39,48)(H,40,46)(H,41,42)/t13-,14+,15?,17-,19-,21?/m0/s1. The number of rotatable bonds is 7. The zero-order valence-electron chi connectivity index (χ0n) is 25.0. The Bertz CT molecular complexity index is 1800. The number of β-amino-alcohol motifs (C(OH)–C–C–N with tert-alkyl or cyclic N) is 1. The fraction of sp³-hybridized carbons (Fsp3) is 0.483. The van der Waals surface area contributed by atoms with Crippen molar-refractivity contribution in [2.75, 3.05) is 31.5 Å². The van der Waals surface area contributed by atoms with Gasteiger partial charge in [-0.2, -0.15) is 18.3 Å². The summed E-state index contributed by atoms with van der Waals surface area (Å²) in [4.78, 5) is 44.2. The van der Waals surface area contributed by atoms with Gasteiger partial charge < -0.3 is 35.8 Å². The van der Waals surface area contributed by atoms with E-state index in [1.165, 1.54) is 25.2 Å². The minimum absolute atomic E-state index is 0.0181. The summed E-state index contributed by atoms with van der Waals surface area (Å²) >= 11 is 6.38. The summed E-state index contributed by atoms with van der Waals surface area (Å²) < 4.78 is 69.9. The smallest absolute Gasteiger partial charge is 0.390 e. The Morgan fingerprint density at radius 3 is 2.42 bits per heavy atom. The molecule has 0 bridgehead atoms. The number of fused-ring (bicyclic) bond motifs is 1. The third-order valence-corrected chi connectivity index (χ3v) is 9.74. The van der Waals surface area contributed by atoms with Crippen LogP contribution in [0.2, 0.25) is 5.02 Å². The monoisotopic (exact) mass is 697 g/mol. The number of amides is 4. The minimum Gasteiger partial charge on any atom is -0.390 e. The Labute approximate surface area is 273 Å². The van der Waals surface area contributed by atoms with Gasteiger partial charge in [-0.05, 0) is 18.2 Å². The predicted molar refractivity (Wildman–Crippen MR) is 159 cm³/mol. The zero-order chi connectivity index (χ0) is 34.3. The molecular formula is C29H29ClF5N9O4. The number of imidazole rings is 1. The first kappa shape index (κ1) is 32.3. The van der Waals surface area contributed by atoms with Gasteiger partial charge in [-0.15, -0.1) is 0 Å². The number of urea groups is 1. The molecule has 2 aliphatic carbocycles. The molecule has 6 atom stereocenters. The largest absolute Gasteiger partial charge is 0.435 e. The number of aromatic nitrogens is 4. The van der Waals surface area contributed by atoms with Crippen molar-refractivity contribution in [1.29, 1.82) is 0 Å². The average molecular weight is 698 g/mol. The first-order valence-electron chi connectivity index (χ1n) is 15.1. The molecule has 4 fully saturated rings. The van der Waals surface area contributed by atoms with Crippen molar-refractivity contribution in [3.8, 4) is 11.3 Å². The van der Waals surface area contributed by atoms with Crippen molar-refractivity contribution in [3.05, 3.63) is 52.2 Å². The number of aromatic amines is 1. The summed E-state index contributed by atoms with van der Waals surface area (Å²) in [6.07, 6.45) is -5.26. The van der Waals surface area contributed by atoms with Crippen LogP contribution in [0.1, 0.15) is 44.7 Å². The summed E-state index contributed by atoms with van der Waals surface area (Å²) in [5.41, 5.74) is -2.32. The van der Waals surface area contributed by atoms with E-state index >= 15 is 0 Å². The lowest BCUT2D eigenvalue weighted by molar-refractivity contribution is -0.140. The summed E-state index contributed by atoms with van der Waals surface area (Å²) in [6, 6.07) is 3.39. The van der Waals surface area contributed by atoms with Gasteiger partial charge in [0, 0.05) is 63.2 Å². The fourth-order valence-corrected chi connectivity index (χ4v) is 6.88. The Balaban J connectivity index is 0.978. The summed E-state index contributed by atoms with van der Waals surface area (Å²) in [6.45, 7) is 1.82. The normalized spacial score (nSPS) is 27.0. The predicted octanol–water partition coefficient (Wildman–Crippen LogP) is 2.56. The minimum atomic E-state index is -4.96. The number of hydrogen-bond donors (Lipinski definition) is 6. The molecule has 2 saturated carbocycles. The molecular weight excluding hydrogens is 669 g/mol. The number of alkyl halides is 5. The number of H-pyrrole nitrogens is 1. The highest BCUT2D eigenvalue weighted by molar-refractivity contribution is 6.34. The van der Waals surface area contributed by atoms with E-state index in [2.05, 4.69) is 36.4 Å². The van der Waals surface area contributed by atoms with Crippen molar-refractivity contribution >= 4 is 35.1 Å². The first-order valence-corrected chi connectivity index (χ1v) is 15.4. The number of nitrogens with one attached hydrogen (secondary N) is 5. The van der Waals surface area contributed by atoms with Gasteiger partial charge in [-0.25, -0.2) is 18.6 Å². The van der Waals surface area contributed by atoms with E-state index in [4.69, 9.17) is 11.6 Å². The summed E-state index contributed by atoms with van der Waals surface area (Å²) in [5.74, 6) is -6.08. The number of carbonyl (C=O) groups excluding carboxylic acids is 3. The number of anilines is 1. The lowest BCUT2D eigenvalue weighted by Gasteiger charge is -2.24. The lowest BCUT2D eigenvalue weighted by Crippen LogP contribution is -2.49. The Morgan fingerprint density at radius 1 is 1.10 bits per heavy atom. The number of nitrogens with zero attached hydrogens (tertiary/aromatic N) is 4. The van der Waals surface area contributed by atoms with Crippen LogP contribution in [-0.2, 0) is 13.2 Å². The molecule has 3 aromatic rings. The molecule has 256 valence electrons. The molecule has 48 heavy (non-hydrogen) atoms. The third kappa shape index (κ3) is 5.74. The molecule has 2 aliphatic heterocycles. The first-order chi connectivity index (χ1) is 22.6. The van der Waals surface area contributed by atoms with Gasteiger partial charge in [0.15, 0.2) is 11.5 Å². The topological polar surface area (TPSA) is 169 Å². The van der Waals surface area contributed by atoms with Crippen LogP contribution in [-0.4, -0.2) is 97.9 Å².